The Kier molecular flexibility index (Phi) is 7.71. The first-order chi connectivity index (χ1) is 10.8. The summed E-state index contributed by atoms with van der Waals surface area (Å²) in [6, 6.07) is 15.5. The van der Waals surface area contributed by atoms with Crippen molar-refractivity contribution in [2.45, 2.75) is 13.6 Å². The van der Waals surface area contributed by atoms with Crippen LogP contribution in [0.2, 0.25) is 0 Å². The fourth-order valence-corrected chi connectivity index (χ4v) is 2.32. The van der Waals surface area contributed by atoms with Crippen LogP contribution in [-0.4, -0.2) is 16.2 Å². The predicted octanol–water partition coefficient (Wildman–Crippen LogP) is 3.17. The molecule has 1 aromatic heterocycles. The Morgan fingerprint density at radius 2 is 1.75 bits per heavy atom. The van der Waals surface area contributed by atoms with E-state index < -0.39 is 0 Å². The predicted molar refractivity (Wildman–Crippen MR) is 103 cm³/mol. The van der Waals surface area contributed by atoms with Crippen LogP contribution in [0.1, 0.15) is 5.56 Å². The van der Waals surface area contributed by atoms with Gasteiger partial charge in [-0.1, -0.05) is 30.3 Å². The van der Waals surface area contributed by atoms with Crippen molar-refractivity contribution in [3.05, 3.63) is 70.8 Å². The lowest BCUT2D eigenvalue weighted by atomic mass is 10.2. The van der Waals surface area contributed by atoms with Crippen molar-refractivity contribution in [3.63, 3.8) is 0 Å². The Bertz CT molecular complexity index is 851. The van der Waals surface area contributed by atoms with Crippen molar-refractivity contribution < 1.29 is 0 Å². The first kappa shape index (κ1) is 20.0. The van der Waals surface area contributed by atoms with Gasteiger partial charge in [0.1, 0.15) is 0 Å². The third kappa shape index (κ3) is 4.47. The number of nitrogens with one attached hydrogen (secondary N) is 2. The number of para-hydroxylation sites is 2. The molecule has 0 amide bonds. The highest BCUT2D eigenvalue weighted by atomic mass is 35.5. The Morgan fingerprint density at radius 1 is 1.04 bits per heavy atom. The second-order valence-electron chi connectivity index (χ2n) is 5.11. The van der Waals surface area contributed by atoms with Gasteiger partial charge >= 0.3 is 0 Å². The second kappa shape index (κ2) is 9.27. The lowest BCUT2D eigenvalue weighted by molar-refractivity contribution is 0.561. The van der Waals surface area contributed by atoms with Crippen LogP contribution in [0.3, 0.4) is 0 Å². The molecule has 2 N–H and O–H groups in total. The molecule has 0 bridgehead atoms. The first-order valence-corrected chi connectivity index (χ1v) is 7.20. The Morgan fingerprint density at radius 3 is 2.54 bits per heavy atom. The maximum Gasteiger partial charge on any atom is 0.262 e. The average molecular weight is 367 g/mol. The van der Waals surface area contributed by atoms with Crippen molar-refractivity contribution in [3.8, 4) is 0 Å². The molecule has 0 saturated carbocycles. The minimum absolute atomic E-state index is 0. The highest BCUT2D eigenvalue weighted by Gasteiger charge is 2.02. The lowest BCUT2D eigenvalue weighted by Crippen LogP contribution is -2.31. The molecule has 7 heteroatoms. The Labute approximate surface area is 152 Å². The van der Waals surface area contributed by atoms with E-state index in [9.17, 15) is 4.79 Å². The summed E-state index contributed by atoms with van der Waals surface area (Å²) < 4.78 is 1.57. The number of halogens is 2. The Balaban J connectivity index is 0.00000144. The van der Waals surface area contributed by atoms with Crippen molar-refractivity contribution >= 4 is 41.4 Å². The van der Waals surface area contributed by atoms with Crippen molar-refractivity contribution in [2.75, 3.05) is 12.0 Å². The van der Waals surface area contributed by atoms with Gasteiger partial charge in [-0.05, 0) is 30.7 Å². The van der Waals surface area contributed by atoms with Gasteiger partial charge in [-0.2, -0.15) is 0 Å². The van der Waals surface area contributed by atoms with E-state index in [0.717, 1.165) is 11.2 Å². The summed E-state index contributed by atoms with van der Waals surface area (Å²) in [5.41, 5.74) is 2.96. The standard InChI is InChI=1S/C17H18N4O.2ClH/c1-13-6-2-4-8-15(13)19-10-18-11-21-12-20-16-9-5-3-7-14(16)17(21)22;;/h2-9,12,18-19H,10-11H2,1H3;2*1H. The van der Waals surface area contributed by atoms with E-state index in [0.29, 0.717) is 18.7 Å². The molecule has 24 heavy (non-hydrogen) atoms. The number of benzene rings is 2. The number of aryl methyl sites for hydroxylation is 1. The molecule has 5 nitrogen and oxygen atoms in total. The number of nitrogens with zero attached hydrogens (tertiary/aromatic N) is 2. The highest BCUT2D eigenvalue weighted by Crippen LogP contribution is 2.11. The Hall–Kier alpha value is -2.08. The van der Waals surface area contributed by atoms with Crippen LogP contribution in [0, 0.1) is 6.92 Å². The van der Waals surface area contributed by atoms with Crippen LogP contribution in [0.4, 0.5) is 5.69 Å². The van der Waals surface area contributed by atoms with Gasteiger partial charge in [0.25, 0.3) is 5.56 Å². The van der Waals surface area contributed by atoms with Crippen LogP contribution in [0.25, 0.3) is 10.9 Å². The SMILES string of the molecule is Cc1ccccc1NCNCn1cnc2ccccc2c1=O.Cl.Cl. The minimum atomic E-state index is -0.0333. The van der Waals surface area contributed by atoms with E-state index in [2.05, 4.69) is 28.6 Å². The monoisotopic (exact) mass is 366 g/mol. The minimum Gasteiger partial charge on any atom is -0.372 e. The summed E-state index contributed by atoms with van der Waals surface area (Å²) >= 11 is 0. The molecule has 0 aliphatic heterocycles. The third-order valence-corrected chi connectivity index (χ3v) is 3.56. The van der Waals surface area contributed by atoms with Gasteiger partial charge in [0.2, 0.25) is 0 Å². The number of aromatic nitrogens is 2. The maximum absolute atomic E-state index is 12.3. The zero-order valence-corrected chi connectivity index (χ0v) is 14.9. The summed E-state index contributed by atoms with van der Waals surface area (Å²) in [4.78, 5) is 16.6. The van der Waals surface area contributed by atoms with Crippen LogP contribution < -0.4 is 16.2 Å². The van der Waals surface area contributed by atoms with Gasteiger partial charge in [-0.3, -0.25) is 14.7 Å². The quantitative estimate of drug-likeness (QED) is 0.537. The molecule has 0 aliphatic carbocycles. The van der Waals surface area contributed by atoms with Crippen LogP contribution in [0.15, 0.2) is 59.7 Å². The highest BCUT2D eigenvalue weighted by molar-refractivity contribution is 5.85. The largest absolute Gasteiger partial charge is 0.372 e. The molecular weight excluding hydrogens is 347 g/mol. The molecule has 0 radical (unpaired) electrons. The van der Waals surface area contributed by atoms with Gasteiger partial charge in [-0.15, -0.1) is 24.8 Å². The van der Waals surface area contributed by atoms with Gasteiger partial charge in [0, 0.05) is 5.69 Å². The van der Waals surface area contributed by atoms with E-state index in [1.54, 1.807) is 17.0 Å². The topological polar surface area (TPSA) is 58.9 Å². The number of hydrogen-bond donors (Lipinski definition) is 2. The van der Waals surface area contributed by atoms with Gasteiger partial charge < -0.3 is 5.32 Å². The normalized spacial score (nSPS) is 9.88. The molecule has 0 unspecified atom stereocenters. The van der Waals surface area contributed by atoms with Crippen molar-refractivity contribution in [1.29, 1.82) is 0 Å². The third-order valence-electron chi connectivity index (χ3n) is 3.56. The fourth-order valence-electron chi connectivity index (χ4n) is 2.32. The fraction of sp³-hybridized carbons (Fsp3) is 0.176. The van der Waals surface area contributed by atoms with E-state index in [4.69, 9.17) is 0 Å². The van der Waals surface area contributed by atoms with Gasteiger partial charge in [0.15, 0.2) is 0 Å². The molecule has 3 aromatic rings. The molecule has 2 aromatic carbocycles. The summed E-state index contributed by atoms with van der Waals surface area (Å²) in [5.74, 6) is 0. The zero-order valence-electron chi connectivity index (χ0n) is 13.2. The molecule has 0 atom stereocenters. The van der Waals surface area contributed by atoms with Crippen LogP contribution >= 0.6 is 24.8 Å². The molecule has 1 heterocycles. The number of hydrogen-bond acceptors (Lipinski definition) is 4. The van der Waals surface area contributed by atoms with E-state index in [-0.39, 0.29) is 30.4 Å². The zero-order chi connectivity index (χ0) is 15.4. The number of fused-ring (bicyclic) bond motifs is 1. The van der Waals surface area contributed by atoms with E-state index in [1.165, 1.54) is 5.56 Å². The lowest BCUT2D eigenvalue weighted by Gasteiger charge is -2.11. The summed E-state index contributed by atoms with van der Waals surface area (Å²) in [7, 11) is 0. The smallest absolute Gasteiger partial charge is 0.262 e. The average Bonchev–Trinajstić information content (AvgIpc) is 2.55. The summed E-state index contributed by atoms with van der Waals surface area (Å²) in [6.07, 6.45) is 1.57. The van der Waals surface area contributed by atoms with Crippen LogP contribution in [-0.2, 0) is 6.67 Å². The molecular formula is C17H20Cl2N4O. The molecule has 3 rings (SSSR count). The van der Waals surface area contributed by atoms with E-state index in [1.807, 2.05) is 36.4 Å². The molecule has 0 spiro atoms. The maximum atomic E-state index is 12.3. The molecule has 0 fully saturated rings. The summed E-state index contributed by atoms with van der Waals surface area (Å²) in [5, 5.41) is 7.13. The number of rotatable bonds is 5. The van der Waals surface area contributed by atoms with Gasteiger partial charge in [0.05, 0.1) is 30.6 Å². The van der Waals surface area contributed by atoms with E-state index >= 15 is 0 Å². The van der Waals surface area contributed by atoms with Crippen molar-refractivity contribution in [1.82, 2.24) is 14.9 Å². The molecule has 0 aliphatic rings. The molecule has 128 valence electrons. The molecule has 0 saturated heterocycles. The van der Waals surface area contributed by atoms with Gasteiger partial charge in [-0.25, -0.2) is 4.98 Å². The van der Waals surface area contributed by atoms with Crippen LogP contribution in [0.5, 0.6) is 0 Å². The first-order valence-electron chi connectivity index (χ1n) is 7.20. The second-order valence-corrected chi connectivity index (χ2v) is 5.11. The summed E-state index contributed by atoms with van der Waals surface area (Å²) in [6.45, 7) is 3.04. The van der Waals surface area contributed by atoms with Crippen molar-refractivity contribution in [2.24, 2.45) is 0 Å². The number of anilines is 1.